The normalized spacial score (nSPS) is 10.8. The molecule has 0 radical (unpaired) electrons. The Kier molecular flexibility index (Phi) is 3.17. The second-order valence-corrected chi connectivity index (χ2v) is 5.28. The molecule has 2 N–H and O–H groups in total. The van der Waals surface area contributed by atoms with E-state index in [2.05, 4.69) is 40.6 Å². The van der Waals surface area contributed by atoms with E-state index in [0.717, 1.165) is 22.4 Å². The number of benzene rings is 2. The van der Waals surface area contributed by atoms with Crippen molar-refractivity contribution >= 4 is 5.69 Å². The summed E-state index contributed by atoms with van der Waals surface area (Å²) >= 11 is 0. The first-order valence-electron chi connectivity index (χ1n) is 6.79. The Hall–Kier alpha value is -2.69. The molecule has 0 unspecified atom stereocenters. The van der Waals surface area contributed by atoms with Crippen molar-refractivity contribution < 1.29 is 0 Å². The third-order valence-electron chi connectivity index (χ3n) is 3.56. The number of anilines is 1. The minimum absolute atomic E-state index is 0.700. The Labute approximate surface area is 123 Å². The van der Waals surface area contributed by atoms with Crippen molar-refractivity contribution in [3.8, 4) is 17.1 Å². The summed E-state index contributed by atoms with van der Waals surface area (Å²) in [6, 6.07) is 12.0. The fourth-order valence-electron chi connectivity index (χ4n) is 2.35. The molecule has 0 aliphatic carbocycles. The molecule has 0 fully saturated rings. The van der Waals surface area contributed by atoms with Crippen LogP contribution in [0.4, 0.5) is 5.69 Å². The summed E-state index contributed by atoms with van der Waals surface area (Å²) in [5.74, 6) is 0.702. The zero-order valence-electron chi connectivity index (χ0n) is 12.3. The van der Waals surface area contributed by atoms with Crippen molar-refractivity contribution in [3.63, 3.8) is 0 Å². The lowest BCUT2D eigenvalue weighted by molar-refractivity contribution is 0.786. The van der Waals surface area contributed by atoms with Crippen molar-refractivity contribution in [2.75, 3.05) is 5.73 Å². The van der Waals surface area contributed by atoms with Crippen LogP contribution in [0.3, 0.4) is 0 Å². The number of nitrogens with zero attached hydrogens (tertiary/aromatic N) is 4. The van der Waals surface area contributed by atoms with Crippen molar-refractivity contribution in [3.05, 3.63) is 53.1 Å². The van der Waals surface area contributed by atoms with Crippen LogP contribution in [0.2, 0.25) is 0 Å². The molecular weight excluding hydrogens is 262 g/mol. The Morgan fingerprint density at radius 2 is 1.71 bits per heavy atom. The summed E-state index contributed by atoms with van der Waals surface area (Å²) in [6.07, 6.45) is 0. The lowest BCUT2D eigenvalue weighted by atomic mass is 10.1. The van der Waals surface area contributed by atoms with Gasteiger partial charge >= 0.3 is 0 Å². The van der Waals surface area contributed by atoms with Crippen LogP contribution < -0.4 is 5.73 Å². The minimum Gasteiger partial charge on any atom is -0.399 e. The molecule has 5 heteroatoms. The first-order chi connectivity index (χ1) is 10.1. The maximum absolute atomic E-state index is 5.90. The van der Waals surface area contributed by atoms with Gasteiger partial charge in [0.2, 0.25) is 0 Å². The van der Waals surface area contributed by atoms with Crippen LogP contribution in [0, 0.1) is 20.8 Å². The number of rotatable bonds is 2. The van der Waals surface area contributed by atoms with Gasteiger partial charge in [-0.15, -0.1) is 5.10 Å². The van der Waals surface area contributed by atoms with Crippen molar-refractivity contribution in [2.45, 2.75) is 20.8 Å². The van der Waals surface area contributed by atoms with Crippen LogP contribution in [0.1, 0.15) is 16.7 Å². The molecule has 0 aliphatic rings. The van der Waals surface area contributed by atoms with Gasteiger partial charge in [-0.1, -0.05) is 18.2 Å². The van der Waals surface area contributed by atoms with Gasteiger partial charge in [0.1, 0.15) is 0 Å². The second kappa shape index (κ2) is 5.01. The monoisotopic (exact) mass is 279 g/mol. The molecule has 0 bridgehead atoms. The summed E-state index contributed by atoms with van der Waals surface area (Å²) in [5, 5.41) is 12.2. The average molecular weight is 279 g/mol. The van der Waals surface area contributed by atoms with Gasteiger partial charge in [-0.25, -0.2) is 0 Å². The summed E-state index contributed by atoms with van der Waals surface area (Å²) in [7, 11) is 0. The predicted octanol–water partition coefficient (Wildman–Crippen LogP) is 2.84. The van der Waals surface area contributed by atoms with E-state index >= 15 is 0 Å². The van der Waals surface area contributed by atoms with E-state index in [-0.39, 0.29) is 0 Å². The molecule has 0 spiro atoms. The van der Waals surface area contributed by atoms with E-state index < -0.39 is 0 Å². The Morgan fingerprint density at radius 3 is 2.52 bits per heavy atom. The summed E-state index contributed by atoms with van der Waals surface area (Å²) < 4.78 is 1.77. The number of tetrazole rings is 1. The standard InChI is InChI=1S/C16H17N5/c1-10-4-5-12(3)15(8-10)21-16(18-19-20-21)14-9-13(17)7-6-11(14)2/h4-9H,17H2,1-3H3. The van der Waals surface area contributed by atoms with Gasteiger partial charge in [0.05, 0.1) is 5.69 Å². The van der Waals surface area contributed by atoms with Crippen LogP contribution >= 0.6 is 0 Å². The largest absolute Gasteiger partial charge is 0.399 e. The zero-order valence-corrected chi connectivity index (χ0v) is 12.3. The molecule has 1 aromatic heterocycles. The first kappa shape index (κ1) is 13.3. The van der Waals surface area contributed by atoms with Gasteiger partial charge in [-0.05, 0) is 66.1 Å². The molecule has 0 amide bonds. The van der Waals surface area contributed by atoms with Crippen LogP contribution in [-0.4, -0.2) is 20.2 Å². The Morgan fingerprint density at radius 1 is 0.952 bits per heavy atom. The lowest BCUT2D eigenvalue weighted by Gasteiger charge is -2.10. The number of hydrogen-bond donors (Lipinski definition) is 1. The topological polar surface area (TPSA) is 69.6 Å². The highest BCUT2D eigenvalue weighted by Crippen LogP contribution is 2.26. The molecule has 0 saturated carbocycles. The van der Waals surface area contributed by atoms with Crippen LogP contribution in [0.5, 0.6) is 0 Å². The third-order valence-corrected chi connectivity index (χ3v) is 3.56. The third kappa shape index (κ3) is 2.38. The molecular formula is C16H17N5. The highest BCUT2D eigenvalue weighted by Gasteiger charge is 2.14. The lowest BCUT2D eigenvalue weighted by Crippen LogP contribution is -2.03. The van der Waals surface area contributed by atoms with E-state index in [1.54, 1.807) is 4.68 Å². The van der Waals surface area contributed by atoms with E-state index in [1.807, 2.05) is 32.0 Å². The second-order valence-electron chi connectivity index (χ2n) is 5.28. The molecule has 0 saturated heterocycles. The van der Waals surface area contributed by atoms with Crippen LogP contribution in [0.25, 0.3) is 17.1 Å². The fraction of sp³-hybridized carbons (Fsp3) is 0.188. The highest BCUT2D eigenvalue weighted by molar-refractivity contribution is 5.66. The molecule has 0 atom stereocenters. The number of aryl methyl sites for hydroxylation is 3. The van der Waals surface area contributed by atoms with Gasteiger partial charge < -0.3 is 5.73 Å². The molecule has 3 rings (SSSR count). The fourth-order valence-corrected chi connectivity index (χ4v) is 2.35. The Bertz CT molecular complexity index is 738. The summed E-state index contributed by atoms with van der Waals surface area (Å²) in [6.45, 7) is 6.13. The molecule has 106 valence electrons. The molecule has 0 aliphatic heterocycles. The first-order valence-corrected chi connectivity index (χ1v) is 6.79. The van der Waals surface area contributed by atoms with E-state index in [9.17, 15) is 0 Å². The molecule has 3 aromatic rings. The van der Waals surface area contributed by atoms with E-state index in [1.165, 1.54) is 5.56 Å². The van der Waals surface area contributed by atoms with Gasteiger partial charge in [-0.3, -0.25) is 0 Å². The summed E-state index contributed by atoms with van der Waals surface area (Å²) in [5.41, 5.74) is 11.9. The number of hydrogen-bond acceptors (Lipinski definition) is 4. The highest BCUT2D eigenvalue weighted by atomic mass is 15.5. The van der Waals surface area contributed by atoms with Gasteiger partial charge in [-0.2, -0.15) is 4.68 Å². The molecule has 5 nitrogen and oxygen atoms in total. The molecule has 21 heavy (non-hydrogen) atoms. The zero-order chi connectivity index (χ0) is 15.0. The smallest absolute Gasteiger partial charge is 0.187 e. The molecule has 2 aromatic carbocycles. The van der Waals surface area contributed by atoms with E-state index in [4.69, 9.17) is 5.73 Å². The number of nitrogen functional groups attached to an aromatic ring is 1. The van der Waals surface area contributed by atoms with Gasteiger partial charge in [0.25, 0.3) is 0 Å². The quantitative estimate of drug-likeness (QED) is 0.732. The van der Waals surface area contributed by atoms with Crippen molar-refractivity contribution in [2.24, 2.45) is 0 Å². The number of nitrogens with two attached hydrogens (primary N) is 1. The molecule has 1 heterocycles. The Balaban J connectivity index is 2.22. The van der Waals surface area contributed by atoms with Gasteiger partial charge in [0, 0.05) is 11.3 Å². The van der Waals surface area contributed by atoms with E-state index in [0.29, 0.717) is 11.5 Å². The van der Waals surface area contributed by atoms with Crippen molar-refractivity contribution in [1.82, 2.24) is 20.2 Å². The van der Waals surface area contributed by atoms with Gasteiger partial charge in [0.15, 0.2) is 5.82 Å². The summed E-state index contributed by atoms with van der Waals surface area (Å²) in [4.78, 5) is 0. The van der Waals surface area contributed by atoms with Crippen LogP contribution in [0.15, 0.2) is 36.4 Å². The minimum atomic E-state index is 0.700. The SMILES string of the molecule is Cc1ccc(C)c(-n2nnnc2-c2cc(N)ccc2C)c1. The average Bonchev–Trinajstić information content (AvgIpc) is 2.93. The predicted molar refractivity (Wildman–Crippen MR) is 83.2 cm³/mol. The maximum atomic E-state index is 5.90. The number of aromatic nitrogens is 4. The van der Waals surface area contributed by atoms with Crippen molar-refractivity contribution in [1.29, 1.82) is 0 Å². The maximum Gasteiger partial charge on any atom is 0.187 e. The van der Waals surface area contributed by atoms with Crippen LogP contribution in [-0.2, 0) is 0 Å².